The second-order valence-electron chi connectivity index (χ2n) is 3.83. The average molecular weight is 224 g/mol. The molecule has 0 spiro atoms. The molecule has 0 amide bonds. The second kappa shape index (κ2) is 3.99. The van der Waals surface area contributed by atoms with Gasteiger partial charge in [0.25, 0.3) is 0 Å². The molecule has 1 aromatic carbocycles. The van der Waals surface area contributed by atoms with E-state index >= 15 is 0 Å². The summed E-state index contributed by atoms with van der Waals surface area (Å²) in [6.07, 6.45) is 0. The molecule has 2 aromatic heterocycles. The number of imidazole rings is 1. The molecule has 0 unspecified atom stereocenters. The summed E-state index contributed by atoms with van der Waals surface area (Å²) in [7, 11) is 0. The Morgan fingerprint density at radius 3 is 2.59 bits per heavy atom. The van der Waals surface area contributed by atoms with E-state index in [-0.39, 0.29) is 0 Å². The van der Waals surface area contributed by atoms with Gasteiger partial charge in [0, 0.05) is 12.1 Å². The number of hydrogen-bond acceptors (Lipinski definition) is 3. The van der Waals surface area contributed by atoms with Crippen LogP contribution in [0.3, 0.4) is 0 Å². The number of fused-ring (bicyclic) bond motifs is 1. The molecular weight excluding hydrogens is 212 g/mol. The van der Waals surface area contributed by atoms with Crippen molar-refractivity contribution in [2.75, 3.05) is 0 Å². The number of nitrogens with one attached hydrogen (secondary N) is 1. The van der Waals surface area contributed by atoms with Crippen LogP contribution in [-0.4, -0.2) is 15.0 Å². The van der Waals surface area contributed by atoms with E-state index in [1.807, 2.05) is 42.5 Å². The number of H-pyrrole nitrogens is 1. The molecule has 0 saturated carbocycles. The molecule has 0 aliphatic heterocycles. The van der Waals surface area contributed by atoms with E-state index in [0.29, 0.717) is 12.2 Å². The zero-order chi connectivity index (χ0) is 11.7. The van der Waals surface area contributed by atoms with Crippen molar-refractivity contribution in [2.24, 2.45) is 5.73 Å². The molecular formula is C13H12N4. The molecule has 0 fully saturated rings. The van der Waals surface area contributed by atoms with Crippen molar-refractivity contribution >= 4 is 11.2 Å². The second-order valence-corrected chi connectivity index (χ2v) is 3.83. The van der Waals surface area contributed by atoms with Crippen molar-refractivity contribution < 1.29 is 0 Å². The zero-order valence-electron chi connectivity index (χ0n) is 9.22. The Kier molecular flexibility index (Phi) is 2.34. The first-order valence-corrected chi connectivity index (χ1v) is 5.48. The van der Waals surface area contributed by atoms with Gasteiger partial charge in [-0.05, 0) is 12.1 Å². The van der Waals surface area contributed by atoms with Crippen molar-refractivity contribution in [1.29, 1.82) is 0 Å². The fourth-order valence-corrected chi connectivity index (χ4v) is 1.78. The summed E-state index contributed by atoms with van der Waals surface area (Å²) in [4.78, 5) is 12.1. The van der Waals surface area contributed by atoms with Crippen LogP contribution in [0.15, 0.2) is 42.5 Å². The largest absolute Gasteiger partial charge is 0.337 e. The molecule has 0 bridgehead atoms. The van der Waals surface area contributed by atoms with Gasteiger partial charge in [-0.25, -0.2) is 9.97 Å². The fraction of sp³-hybridized carbons (Fsp3) is 0.0769. The van der Waals surface area contributed by atoms with E-state index < -0.39 is 0 Å². The smallest absolute Gasteiger partial charge is 0.178 e. The molecule has 3 rings (SSSR count). The Balaban J connectivity index is 2.14. The summed E-state index contributed by atoms with van der Waals surface area (Å²) in [5.41, 5.74) is 9.11. The van der Waals surface area contributed by atoms with Crippen LogP contribution in [0.1, 0.15) is 5.69 Å². The minimum absolute atomic E-state index is 0.434. The standard InChI is InChI=1S/C13H12N4/c14-8-10-6-7-11-13(15-10)17-12(16-11)9-4-2-1-3-5-9/h1-7H,8,14H2,(H,15,16,17). The first kappa shape index (κ1) is 9.99. The van der Waals surface area contributed by atoms with Gasteiger partial charge in [0.05, 0.1) is 11.2 Å². The third-order valence-corrected chi connectivity index (χ3v) is 2.66. The highest BCUT2D eigenvalue weighted by molar-refractivity contribution is 5.75. The lowest BCUT2D eigenvalue weighted by Crippen LogP contribution is -1.98. The van der Waals surface area contributed by atoms with Gasteiger partial charge in [0.2, 0.25) is 0 Å². The highest BCUT2D eigenvalue weighted by Crippen LogP contribution is 2.18. The number of rotatable bonds is 2. The van der Waals surface area contributed by atoms with E-state index in [4.69, 9.17) is 5.73 Å². The Hall–Kier alpha value is -2.20. The first-order chi connectivity index (χ1) is 8.36. The number of nitrogens with zero attached hydrogens (tertiary/aromatic N) is 2. The highest BCUT2D eigenvalue weighted by atomic mass is 15.0. The minimum atomic E-state index is 0.434. The predicted molar refractivity (Wildman–Crippen MR) is 67.2 cm³/mol. The maximum atomic E-state index is 5.56. The summed E-state index contributed by atoms with van der Waals surface area (Å²) in [5.74, 6) is 0.835. The Bertz CT molecular complexity index is 643. The lowest BCUT2D eigenvalue weighted by molar-refractivity contribution is 1.00. The van der Waals surface area contributed by atoms with E-state index in [2.05, 4.69) is 15.0 Å². The molecule has 17 heavy (non-hydrogen) atoms. The van der Waals surface area contributed by atoms with Crippen LogP contribution in [0.2, 0.25) is 0 Å². The van der Waals surface area contributed by atoms with Crippen LogP contribution in [0, 0.1) is 0 Å². The van der Waals surface area contributed by atoms with E-state index in [0.717, 1.165) is 22.6 Å². The summed E-state index contributed by atoms with van der Waals surface area (Å²) in [5, 5.41) is 0. The first-order valence-electron chi connectivity index (χ1n) is 5.48. The zero-order valence-corrected chi connectivity index (χ0v) is 9.22. The van der Waals surface area contributed by atoms with Crippen molar-refractivity contribution in [3.8, 4) is 11.4 Å². The number of hydrogen-bond donors (Lipinski definition) is 2. The van der Waals surface area contributed by atoms with E-state index in [1.165, 1.54) is 0 Å². The summed E-state index contributed by atoms with van der Waals surface area (Å²) >= 11 is 0. The van der Waals surface area contributed by atoms with Crippen molar-refractivity contribution in [2.45, 2.75) is 6.54 Å². The lowest BCUT2D eigenvalue weighted by Gasteiger charge is -1.92. The Labute approximate surface area is 98.5 Å². The lowest BCUT2D eigenvalue weighted by atomic mass is 10.2. The molecule has 0 aliphatic carbocycles. The molecule has 0 radical (unpaired) electrons. The van der Waals surface area contributed by atoms with Crippen LogP contribution < -0.4 is 5.73 Å². The van der Waals surface area contributed by atoms with Crippen LogP contribution in [0.4, 0.5) is 0 Å². The van der Waals surface area contributed by atoms with Gasteiger partial charge in [-0.15, -0.1) is 0 Å². The third-order valence-electron chi connectivity index (χ3n) is 2.66. The van der Waals surface area contributed by atoms with Crippen LogP contribution in [-0.2, 0) is 6.54 Å². The number of aromatic nitrogens is 3. The van der Waals surface area contributed by atoms with Crippen LogP contribution in [0.5, 0.6) is 0 Å². The van der Waals surface area contributed by atoms with E-state index in [1.54, 1.807) is 0 Å². The Morgan fingerprint density at radius 2 is 1.82 bits per heavy atom. The maximum Gasteiger partial charge on any atom is 0.178 e. The number of benzene rings is 1. The quantitative estimate of drug-likeness (QED) is 0.700. The third kappa shape index (κ3) is 1.79. The SMILES string of the molecule is NCc1ccc2[nH]c(-c3ccccc3)nc2n1. The van der Waals surface area contributed by atoms with Crippen molar-refractivity contribution in [3.63, 3.8) is 0 Å². The topological polar surface area (TPSA) is 67.6 Å². The molecule has 3 aromatic rings. The predicted octanol–water partition coefficient (Wildman–Crippen LogP) is 2.08. The van der Waals surface area contributed by atoms with Gasteiger partial charge in [-0.3, -0.25) is 0 Å². The molecule has 2 heterocycles. The molecule has 84 valence electrons. The highest BCUT2D eigenvalue weighted by Gasteiger charge is 2.05. The van der Waals surface area contributed by atoms with Gasteiger partial charge in [-0.1, -0.05) is 30.3 Å². The molecule has 0 saturated heterocycles. The molecule has 0 atom stereocenters. The number of aromatic amines is 1. The molecule has 0 aliphatic rings. The summed E-state index contributed by atoms with van der Waals surface area (Å²) < 4.78 is 0. The van der Waals surface area contributed by atoms with Gasteiger partial charge in [0.15, 0.2) is 5.65 Å². The number of pyridine rings is 1. The van der Waals surface area contributed by atoms with Crippen molar-refractivity contribution in [1.82, 2.24) is 15.0 Å². The van der Waals surface area contributed by atoms with Crippen LogP contribution >= 0.6 is 0 Å². The summed E-state index contributed by atoms with van der Waals surface area (Å²) in [6.45, 7) is 0.434. The van der Waals surface area contributed by atoms with E-state index in [9.17, 15) is 0 Å². The number of nitrogens with two attached hydrogens (primary N) is 1. The summed E-state index contributed by atoms with van der Waals surface area (Å²) in [6, 6.07) is 13.9. The van der Waals surface area contributed by atoms with Gasteiger partial charge >= 0.3 is 0 Å². The average Bonchev–Trinajstić information content (AvgIpc) is 2.82. The maximum absolute atomic E-state index is 5.56. The normalized spacial score (nSPS) is 10.9. The van der Waals surface area contributed by atoms with Gasteiger partial charge in [-0.2, -0.15) is 0 Å². The molecule has 4 nitrogen and oxygen atoms in total. The van der Waals surface area contributed by atoms with Crippen molar-refractivity contribution in [3.05, 3.63) is 48.2 Å². The monoisotopic (exact) mass is 224 g/mol. The Morgan fingerprint density at radius 1 is 1.00 bits per heavy atom. The fourth-order valence-electron chi connectivity index (χ4n) is 1.78. The van der Waals surface area contributed by atoms with Gasteiger partial charge < -0.3 is 10.7 Å². The molecule has 3 N–H and O–H groups in total. The van der Waals surface area contributed by atoms with Gasteiger partial charge in [0.1, 0.15) is 5.82 Å². The molecule has 4 heteroatoms. The van der Waals surface area contributed by atoms with Crippen LogP contribution in [0.25, 0.3) is 22.6 Å². The minimum Gasteiger partial charge on any atom is -0.337 e.